The summed E-state index contributed by atoms with van der Waals surface area (Å²) in [6, 6.07) is 7.58. The summed E-state index contributed by atoms with van der Waals surface area (Å²) in [4.78, 5) is 29.7. The molecule has 0 aromatic carbocycles. The minimum absolute atomic E-state index is 0.0502. The number of aromatic nitrogens is 2. The molecule has 1 atom stereocenters. The van der Waals surface area contributed by atoms with Crippen LogP contribution in [-0.4, -0.2) is 34.7 Å². The molecule has 1 aliphatic rings. The highest BCUT2D eigenvalue weighted by atomic mass is 16.5. The van der Waals surface area contributed by atoms with E-state index in [9.17, 15) is 9.59 Å². The fourth-order valence-corrected chi connectivity index (χ4v) is 3.36. The molecule has 1 saturated heterocycles. The van der Waals surface area contributed by atoms with Gasteiger partial charge in [0.25, 0.3) is 11.5 Å². The van der Waals surface area contributed by atoms with Crippen molar-refractivity contribution in [3.63, 3.8) is 0 Å². The zero-order chi connectivity index (χ0) is 18.5. The normalized spacial score (nSPS) is 16.6. The number of nitrogens with zero attached hydrogens (tertiary/aromatic N) is 2. The van der Waals surface area contributed by atoms with Crippen LogP contribution in [0.2, 0.25) is 0 Å². The van der Waals surface area contributed by atoms with E-state index in [0.717, 1.165) is 30.8 Å². The summed E-state index contributed by atoms with van der Waals surface area (Å²) >= 11 is 0. The second-order valence-corrected chi connectivity index (χ2v) is 6.72. The fraction of sp³-hybridized carbons (Fsp3) is 0.450. The number of rotatable bonds is 6. The smallest absolute Gasteiger partial charge is 0.263 e. The second-order valence-electron chi connectivity index (χ2n) is 6.72. The largest absolute Gasteiger partial charge is 0.376 e. The first-order chi connectivity index (χ1) is 12.6. The SMILES string of the molecule is Cc1cc(C)n(CC2CCCO2)c(=O)c1C(=O)NCCc1ccccn1. The van der Waals surface area contributed by atoms with Gasteiger partial charge in [0.1, 0.15) is 5.56 Å². The number of carbonyl (C=O) groups is 1. The molecule has 1 N–H and O–H groups in total. The van der Waals surface area contributed by atoms with Crippen molar-refractivity contribution >= 4 is 5.91 Å². The van der Waals surface area contributed by atoms with Crippen molar-refractivity contribution in [1.29, 1.82) is 0 Å². The van der Waals surface area contributed by atoms with E-state index < -0.39 is 0 Å². The lowest BCUT2D eigenvalue weighted by atomic mass is 10.1. The van der Waals surface area contributed by atoms with Crippen LogP contribution in [0.5, 0.6) is 0 Å². The van der Waals surface area contributed by atoms with Crippen molar-refractivity contribution in [3.05, 3.63) is 63.3 Å². The van der Waals surface area contributed by atoms with Crippen LogP contribution in [-0.2, 0) is 17.7 Å². The van der Waals surface area contributed by atoms with Gasteiger partial charge in [-0.1, -0.05) is 6.07 Å². The highest BCUT2D eigenvalue weighted by Crippen LogP contribution is 2.15. The first-order valence-corrected chi connectivity index (χ1v) is 9.07. The van der Waals surface area contributed by atoms with Gasteiger partial charge in [-0.15, -0.1) is 0 Å². The molecule has 1 amide bonds. The van der Waals surface area contributed by atoms with E-state index in [-0.39, 0.29) is 23.1 Å². The molecule has 3 heterocycles. The number of hydrogen-bond donors (Lipinski definition) is 1. The van der Waals surface area contributed by atoms with E-state index in [1.54, 1.807) is 17.7 Å². The number of carbonyl (C=O) groups excluding carboxylic acids is 1. The van der Waals surface area contributed by atoms with Gasteiger partial charge in [0.05, 0.1) is 12.6 Å². The summed E-state index contributed by atoms with van der Waals surface area (Å²) in [5.41, 5.74) is 2.44. The van der Waals surface area contributed by atoms with Gasteiger partial charge in [0.2, 0.25) is 0 Å². The number of ether oxygens (including phenoxy) is 1. The number of nitrogens with one attached hydrogen (secondary N) is 1. The van der Waals surface area contributed by atoms with Crippen LogP contribution in [0.15, 0.2) is 35.3 Å². The zero-order valence-electron chi connectivity index (χ0n) is 15.3. The summed E-state index contributed by atoms with van der Waals surface area (Å²) in [6.45, 7) is 5.38. The van der Waals surface area contributed by atoms with Crippen LogP contribution in [0, 0.1) is 13.8 Å². The molecule has 0 saturated carbocycles. The lowest BCUT2D eigenvalue weighted by molar-refractivity contribution is 0.0927. The topological polar surface area (TPSA) is 73.2 Å². The molecule has 0 radical (unpaired) electrons. The maximum Gasteiger partial charge on any atom is 0.263 e. The maximum atomic E-state index is 12.9. The fourth-order valence-electron chi connectivity index (χ4n) is 3.36. The highest BCUT2D eigenvalue weighted by Gasteiger charge is 2.21. The molecular weight excluding hydrogens is 330 g/mol. The van der Waals surface area contributed by atoms with Gasteiger partial charge in [-0.2, -0.15) is 0 Å². The molecule has 138 valence electrons. The van der Waals surface area contributed by atoms with Crippen molar-refractivity contribution in [2.75, 3.05) is 13.2 Å². The number of aryl methyl sites for hydroxylation is 2. The first-order valence-electron chi connectivity index (χ1n) is 9.07. The van der Waals surface area contributed by atoms with Crippen molar-refractivity contribution in [2.24, 2.45) is 0 Å². The quantitative estimate of drug-likeness (QED) is 0.860. The summed E-state index contributed by atoms with van der Waals surface area (Å²) in [5.74, 6) is -0.329. The molecule has 1 aliphatic heterocycles. The molecule has 0 spiro atoms. The van der Waals surface area contributed by atoms with Crippen LogP contribution in [0.3, 0.4) is 0 Å². The molecule has 0 aliphatic carbocycles. The minimum Gasteiger partial charge on any atom is -0.376 e. The Labute approximate surface area is 153 Å². The molecule has 1 fully saturated rings. The van der Waals surface area contributed by atoms with Crippen LogP contribution < -0.4 is 10.9 Å². The Bertz CT molecular complexity index is 824. The molecule has 2 aromatic heterocycles. The van der Waals surface area contributed by atoms with E-state index in [4.69, 9.17) is 4.74 Å². The molecule has 3 rings (SSSR count). The van der Waals surface area contributed by atoms with Crippen molar-refractivity contribution in [1.82, 2.24) is 14.9 Å². The van der Waals surface area contributed by atoms with Crippen LogP contribution in [0.4, 0.5) is 0 Å². The van der Waals surface area contributed by atoms with Crippen molar-refractivity contribution in [3.8, 4) is 0 Å². The molecule has 2 aromatic rings. The lowest BCUT2D eigenvalue weighted by Crippen LogP contribution is -2.37. The Morgan fingerprint density at radius 2 is 2.23 bits per heavy atom. The summed E-state index contributed by atoms with van der Waals surface area (Å²) in [7, 11) is 0. The number of hydrogen-bond acceptors (Lipinski definition) is 4. The van der Waals surface area contributed by atoms with Crippen LogP contribution in [0.1, 0.15) is 40.2 Å². The van der Waals surface area contributed by atoms with Crippen molar-refractivity contribution < 1.29 is 9.53 Å². The molecule has 0 bridgehead atoms. The van der Waals surface area contributed by atoms with Gasteiger partial charge < -0.3 is 14.6 Å². The minimum atomic E-state index is -0.329. The molecule has 1 unspecified atom stereocenters. The highest BCUT2D eigenvalue weighted by molar-refractivity contribution is 5.95. The van der Waals surface area contributed by atoms with Gasteiger partial charge in [-0.25, -0.2) is 0 Å². The van der Waals surface area contributed by atoms with E-state index in [1.807, 2.05) is 31.2 Å². The molecule has 26 heavy (non-hydrogen) atoms. The van der Waals surface area contributed by atoms with E-state index in [1.165, 1.54) is 0 Å². The monoisotopic (exact) mass is 355 g/mol. The third-order valence-electron chi connectivity index (χ3n) is 4.73. The lowest BCUT2D eigenvalue weighted by Gasteiger charge is -2.17. The zero-order valence-corrected chi connectivity index (χ0v) is 15.3. The second kappa shape index (κ2) is 8.27. The Morgan fingerprint density at radius 1 is 1.38 bits per heavy atom. The van der Waals surface area contributed by atoms with Crippen LogP contribution in [0.25, 0.3) is 0 Å². The number of pyridine rings is 2. The predicted molar refractivity (Wildman–Crippen MR) is 99.4 cm³/mol. The first kappa shape index (κ1) is 18.3. The third-order valence-corrected chi connectivity index (χ3v) is 4.73. The van der Waals surface area contributed by atoms with Gasteiger partial charge >= 0.3 is 0 Å². The molecular formula is C20H25N3O3. The average Bonchev–Trinajstić information content (AvgIpc) is 3.12. The summed E-state index contributed by atoms with van der Waals surface area (Å²) < 4.78 is 7.31. The van der Waals surface area contributed by atoms with E-state index >= 15 is 0 Å². The molecule has 6 heteroatoms. The third kappa shape index (κ3) is 4.19. The average molecular weight is 355 g/mol. The Morgan fingerprint density at radius 3 is 2.92 bits per heavy atom. The Balaban J connectivity index is 1.73. The maximum absolute atomic E-state index is 12.9. The standard InChI is InChI=1S/C20H25N3O3/c1-14-12-15(2)23(13-17-7-5-11-26-17)20(25)18(14)19(24)22-10-8-16-6-3-4-9-21-16/h3-4,6,9,12,17H,5,7-8,10-11,13H2,1-2H3,(H,22,24). The van der Waals surface area contributed by atoms with Gasteiger partial charge in [0, 0.05) is 37.2 Å². The van der Waals surface area contributed by atoms with Gasteiger partial charge in [0.15, 0.2) is 0 Å². The van der Waals surface area contributed by atoms with Gasteiger partial charge in [-0.3, -0.25) is 14.6 Å². The predicted octanol–water partition coefficient (Wildman–Crippen LogP) is 2.01. The van der Waals surface area contributed by atoms with Gasteiger partial charge in [-0.05, 0) is 50.5 Å². The Kier molecular flexibility index (Phi) is 5.83. The number of amides is 1. The van der Waals surface area contributed by atoms with E-state index in [2.05, 4.69) is 10.3 Å². The van der Waals surface area contributed by atoms with E-state index in [0.29, 0.717) is 25.1 Å². The summed E-state index contributed by atoms with van der Waals surface area (Å²) in [6.07, 6.45) is 4.37. The molecule has 6 nitrogen and oxygen atoms in total. The van der Waals surface area contributed by atoms with Crippen LogP contribution >= 0.6 is 0 Å². The summed E-state index contributed by atoms with van der Waals surface area (Å²) in [5, 5.41) is 2.85. The Hall–Kier alpha value is -2.47. The van der Waals surface area contributed by atoms with Crippen molar-refractivity contribution in [2.45, 2.75) is 45.8 Å².